The number of hydrogen-bond donors (Lipinski definition) is 1. The van der Waals surface area contributed by atoms with Gasteiger partial charge in [0.05, 0.1) is 24.3 Å². The summed E-state index contributed by atoms with van der Waals surface area (Å²) in [6, 6.07) is 5.60. The van der Waals surface area contributed by atoms with Gasteiger partial charge >= 0.3 is 11.3 Å². The average Bonchev–Trinajstić information content (AvgIpc) is 2.82. The van der Waals surface area contributed by atoms with Gasteiger partial charge in [-0.2, -0.15) is 0 Å². The molecule has 9 heteroatoms. The maximum absolute atomic E-state index is 13.7. The van der Waals surface area contributed by atoms with Crippen molar-refractivity contribution in [2.24, 2.45) is 0 Å². The molecule has 0 unspecified atom stereocenters. The maximum atomic E-state index is 13.7. The standard InChI is InChI=1S/C25H26FNO7/c1-4-17(26)11-16-12-20(25(30)33-15-16)19-13-23(29)34-24-18(19)5-6-22(28)21(24)14-27(7-9-31-2)8-10-32-3/h4-6,11-13,15,28H,1,7-10,14H2,2-3H3/b17-11+. The summed E-state index contributed by atoms with van der Waals surface area (Å²) in [5.41, 5.74) is -0.335. The van der Waals surface area contributed by atoms with E-state index in [2.05, 4.69) is 6.58 Å². The number of halogens is 1. The molecule has 0 aliphatic carbocycles. The highest BCUT2D eigenvalue weighted by Gasteiger charge is 2.19. The first kappa shape index (κ1) is 25.1. The van der Waals surface area contributed by atoms with Crippen molar-refractivity contribution >= 4 is 17.0 Å². The van der Waals surface area contributed by atoms with Crippen LogP contribution in [0.2, 0.25) is 0 Å². The zero-order valence-corrected chi connectivity index (χ0v) is 19.0. The summed E-state index contributed by atoms with van der Waals surface area (Å²) in [5.74, 6) is -0.680. The van der Waals surface area contributed by atoms with Crippen LogP contribution in [0, 0.1) is 0 Å². The fourth-order valence-corrected chi connectivity index (χ4v) is 3.51. The number of benzene rings is 1. The summed E-state index contributed by atoms with van der Waals surface area (Å²) in [5, 5.41) is 11.0. The molecule has 180 valence electrons. The van der Waals surface area contributed by atoms with E-state index >= 15 is 0 Å². The van der Waals surface area contributed by atoms with Crippen molar-refractivity contribution in [2.45, 2.75) is 6.54 Å². The molecule has 3 aromatic rings. The molecule has 0 fully saturated rings. The summed E-state index contributed by atoms with van der Waals surface area (Å²) < 4.78 is 34.5. The van der Waals surface area contributed by atoms with Gasteiger partial charge in [-0.25, -0.2) is 14.0 Å². The van der Waals surface area contributed by atoms with Gasteiger partial charge in [0.2, 0.25) is 0 Å². The van der Waals surface area contributed by atoms with Gasteiger partial charge in [0, 0.05) is 56.4 Å². The number of fused-ring (bicyclic) bond motifs is 1. The molecular weight excluding hydrogens is 445 g/mol. The average molecular weight is 471 g/mol. The zero-order valence-electron chi connectivity index (χ0n) is 19.0. The van der Waals surface area contributed by atoms with Crippen molar-refractivity contribution in [3.63, 3.8) is 0 Å². The van der Waals surface area contributed by atoms with Crippen LogP contribution < -0.4 is 11.3 Å². The molecule has 0 atom stereocenters. The highest BCUT2D eigenvalue weighted by Crippen LogP contribution is 2.33. The number of allylic oxidation sites excluding steroid dienone is 2. The first-order valence-electron chi connectivity index (χ1n) is 10.5. The van der Waals surface area contributed by atoms with Crippen LogP contribution in [-0.2, 0) is 16.0 Å². The lowest BCUT2D eigenvalue weighted by molar-refractivity contribution is 0.110. The first-order valence-corrected chi connectivity index (χ1v) is 10.5. The van der Waals surface area contributed by atoms with E-state index in [1.54, 1.807) is 20.3 Å². The van der Waals surface area contributed by atoms with Crippen LogP contribution >= 0.6 is 0 Å². The quantitative estimate of drug-likeness (QED) is 0.334. The fraction of sp³-hybridized carbons (Fsp3) is 0.280. The van der Waals surface area contributed by atoms with Crippen molar-refractivity contribution in [3.05, 3.63) is 81.0 Å². The highest BCUT2D eigenvalue weighted by atomic mass is 19.1. The van der Waals surface area contributed by atoms with Gasteiger partial charge in [-0.05, 0) is 30.4 Å². The molecule has 0 aliphatic rings. The van der Waals surface area contributed by atoms with E-state index in [0.29, 0.717) is 37.3 Å². The Labute approximate surface area is 195 Å². The minimum atomic E-state index is -0.715. The predicted molar refractivity (Wildman–Crippen MR) is 126 cm³/mol. The maximum Gasteiger partial charge on any atom is 0.343 e. The molecule has 0 radical (unpaired) electrons. The number of rotatable bonds is 11. The van der Waals surface area contributed by atoms with Gasteiger partial charge in [-0.15, -0.1) is 0 Å². The van der Waals surface area contributed by atoms with Gasteiger partial charge in [0.15, 0.2) is 0 Å². The minimum Gasteiger partial charge on any atom is -0.507 e. The third kappa shape index (κ3) is 5.88. The molecule has 0 saturated heterocycles. The highest BCUT2D eigenvalue weighted by molar-refractivity contribution is 5.95. The lowest BCUT2D eigenvalue weighted by Crippen LogP contribution is -2.30. The topological polar surface area (TPSA) is 102 Å². The van der Waals surface area contributed by atoms with Gasteiger partial charge in [0.25, 0.3) is 0 Å². The van der Waals surface area contributed by atoms with Crippen LogP contribution in [0.5, 0.6) is 5.75 Å². The number of nitrogens with zero attached hydrogens (tertiary/aromatic N) is 1. The third-order valence-corrected chi connectivity index (χ3v) is 5.22. The van der Waals surface area contributed by atoms with Gasteiger partial charge in [0.1, 0.15) is 23.4 Å². The SMILES string of the molecule is C=C/C(F)=C\c1coc(=O)c(-c2cc(=O)oc3c(CN(CCOC)CCOC)c(O)ccc23)c1. The van der Waals surface area contributed by atoms with Crippen LogP contribution in [0.3, 0.4) is 0 Å². The Bertz CT molecular complexity index is 1300. The number of phenolic OH excluding ortho intramolecular Hbond substituents is 1. The Hall–Kier alpha value is -3.53. The summed E-state index contributed by atoms with van der Waals surface area (Å²) in [6.07, 6.45) is 3.28. The van der Waals surface area contributed by atoms with E-state index in [1.807, 2.05) is 4.90 Å². The smallest absolute Gasteiger partial charge is 0.343 e. The van der Waals surface area contributed by atoms with Gasteiger partial charge in [-0.1, -0.05) is 6.58 Å². The summed E-state index contributed by atoms with van der Waals surface area (Å²) in [7, 11) is 3.18. The van der Waals surface area contributed by atoms with Crippen molar-refractivity contribution in [2.75, 3.05) is 40.5 Å². The van der Waals surface area contributed by atoms with E-state index in [-0.39, 0.29) is 34.6 Å². The van der Waals surface area contributed by atoms with Crippen LogP contribution in [-0.4, -0.2) is 50.5 Å². The number of ether oxygens (including phenoxy) is 2. The second-order valence-corrected chi connectivity index (χ2v) is 7.50. The van der Waals surface area contributed by atoms with E-state index in [9.17, 15) is 19.1 Å². The number of methoxy groups -OCH3 is 2. The third-order valence-electron chi connectivity index (χ3n) is 5.22. The summed E-state index contributed by atoms with van der Waals surface area (Å²) in [6.45, 7) is 5.59. The Morgan fingerprint density at radius 2 is 1.85 bits per heavy atom. The normalized spacial score (nSPS) is 11.9. The molecule has 2 heterocycles. The minimum absolute atomic E-state index is 0.0516. The summed E-state index contributed by atoms with van der Waals surface area (Å²) in [4.78, 5) is 27.0. The van der Waals surface area contributed by atoms with E-state index in [1.165, 1.54) is 18.2 Å². The lowest BCUT2D eigenvalue weighted by Gasteiger charge is -2.22. The molecule has 34 heavy (non-hydrogen) atoms. The molecule has 0 bridgehead atoms. The van der Waals surface area contributed by atoms with Crippen LogP contribution in [0.25, 0.3) is 28.2 Å². The first-order chi connectivity index (χ1) is 16.4. The van der Waals surface area contributed by atoms with Crippen LogP contribution in [0.4, 0.5) is 4.39 Å². The van der Waals surface area contributed by atoms with E-state index in [4.69, 9.17) is 18.3 Å². The van der Waals surface area contributed by atoms with Crippen molar-refractivity contribution in [3.8, 4) is 16.9 Å². The molecule has 1 N–H and O–H groups in total. The monoisotopic (exact) mass is 471 g/mol. The Morgan fingerprint density at radius 1 is 1.15 bits per heavy atom. The molecule has 1 aromatic carbocycles. The van der Waals surface area contributed by atoms with Crippen molar-refractivity contribution in [1.29, 1.82) is 0 Å². The van der Waals surface area contributed by atoms with E-state index < -0.39 is 17.1 Å². The number of phenols is 1. The Kier molecular flexibility index (Phi) is 8.53. The predicted octanol–water partition coefficient (Wildman–Crippen LogP) is 3.71. The van der Waals surface area contributed by atoms with Crippen LogP contribution in [0.1, 0.15) is 11.1 Å². The number of hydrogen-bond acceptors (Lipinski definition) is 8. The van der Waals surface area contributed by atoms with Crippen LogP contribution in [0.15, 0.2) is 67.4 Å². The lowest BCUT2D eigenvalue weighted by atomic mass is 9.99. The second kappa shape index (κ2) is 11.6. The van der Waals surface area contributed by atoms with E-state index in [0.717, 1.165) is 18.4 Å². The van der Waals surface area contributed by atoms with Crippen molar-refractivity contribution in [1.82, 2.24) is 4.90 Å². The molecule has 8 nitrogen and oxygen atoms in total. The molecule has 0 aliphatic heterocycles. The second-order valence-electron chi connectivity index (χ2n) is 7.50. The van der Waals surface area contributed by atoms with Gasteiger partial charge in [-0.3, -0.25) is 4.90 Å². The molecule has 2 aromatic heterocycles. The largest absolute Gasteiger partial charge is 0.507 e. The number of aromatic hydroxyl groups is 1. The van der Waals surface area contributed by atoms with Crippen molar-refractivity contribution < 1.29 is 27.8 Å². The molecule has 0 saturated carbocycles. The zero-order chi connectivity index (χ0) is 24.7. The fourth-order valence-electron chi connectivity index (χ4n) is 3.51. The summed E-state index contributed by atoms with van der Waals surface area (Å²) >= 11 is 0. The Morgan fingerprint density at radius 3 is 2.50 bits per heavy atom. The molecule has 0 spiro atoms. The molecular formula is C25H26FNO7. The molecule has 3 rings (SSSR count). The Balaban J connectivity index is 2.17. The molecule has 0 amide bonds. The van der Waals surface area contributed by atoms with Gasteiger partial charge < -0.3 is 23.4 Å².